The quantitative estimate of drug-likeness (QED) is 0.273. The fourth-order valence-electron chi connectivity index (χ4n) is 4.25. The van der Waals surface area contributed by atoms with Gasteiger partial charge < -0.3 is 10.1 Å². The average molecular weight is 523 g/mol. The van der Waals surface area contributed by atoms with Gasteiger partial charge in [-0.15, -0.1) is 0 Å². The number of ether oxygens (including phenoxy) is 1. The Bertz CT molecular complexity index is 1570. The normalized spacial score (nSPS) is 14.4. The molecule has 7 heteroatoms. The van der Waals surface area contributed by atoms with Crippen molar-refractivity contribution in [3.05, 3.63) is 112 Å². The van der Waals surface area contributed by atoms with Crippen LogP contribution < -0.4 is 10.1 Å². The van der Waals surface area contributed by atoms with E-state index >= 15 is 0 Å². The highest BCUT2D eigenvalue weighted by molar-refractivity contribution is 8.18. The molecule has 0 spiro atoms. The van der Waals surface area contributed by atoms with Gasteiger partial charge in [0.2, 0.25) is 5.91 Å². The first-order valence-corrected chi connectivity index (χ1v) is 13.0. The molecular formula is C31H26N2O4S. The van der Waals surface area contributed by atoms with E-state index in [0.717, 1.165) is 44.3 Å². The van der Waals surface area contributed by atoms with Crippen LogP contribution in [-0.2, 0) is 16.2 Å². The number of hydrogen-bond acceptors (Lipinski definition) is 5. The molecule has 0 unspecified atom stereocenters. The van der Waals surface area contributed by atoms with Crippen LogP contribution in [0.5, 0.6) is 5.75 Å². The maximum absolute atomic E-state index is 12.9. The summed E-state index contributed by atoms with van der Waals surface area (Å²) in [6.07, 6.45) is 1.65. The summed E-state index contributed by atoms with van der Waals surface area (Å²) >= 11 is 0.831. The van der Waals surface area contributed by atoms with Gasteiger partial charge in [-0.2, -0.15) is 0 Å². The van der Waals surface area contributed by atoms with Gasteiger partial charge in [-0.3, -0.25) is 19.3 Å². The molecular weight excluding hydrogens is 496 g/mol. The van der Waals surface area contributed by atoms with Gasteiger partial charge in [0.15, 0.2) is 0 Å². The minimum Gasteiger partial charge on any atom is -0.489 e. The highest BCUT2D eigenvalue weighted by Crippen LogP contribution is 2.32. The predicted molar refractivity (Wildman–Crippen MR) is 152 cm³/mol. The van der Waals surface area contributed by atoms with Crippen LogP contribution in [0.15, 0.2) is 89.8 Å². The Morgan fingerprint density at radius 3 is 2.47 bits per heavy atom. The van der Waals surface area contributed by atoms with Crippen LogP contribution in [0.4, 0.5) is 10.5 Å². The third-order valence-electron chi connectivity index (χ3n) is 6.51. The molecule has 4 aromatic carbocycles. The zero-order valence-electron chi connectivity index (χ0n) is 21.1. The number of carbonyl (C=O) groups is 3. The van der Waals surface area contributed by atoms with Gasteiger partial charge in [-0.25, -0.2) is 0 Å². The number of thioether (sulfide) groups is 1. The first kappa shape index (κ1) is 25.3. The number of rotatable bonds is 7. The molecule has 5 rings (SSSR count). The van der Waals surface area contributed by atoms with Crippen molar-refractivity contribution in [1.82, 2.24) is 4.90 Å². The van der Waals surface area contributed by atoms with Crippen molar-refractivity contribution >= 4 is 51.4 Å². The van der Waals surface area contributed by atoms with E-state index in [1.807, 2.05) is 68.4 Å². The Hall–Kier alpha value is -4.36. The van der Waals surface area contributed by atoms with Gasteiger partial charge in [0.05, 0.1) is 4.91 Å². The van der Waals surface area contributed by atoms with E-state index in [1.54, 1.807) is 12.1 Å². The topological polar surface area (TPSA) is 75.7 Å². The number of hydrogen-bond donors (Lipinski definition) is 1. The van der Waals surface area contributed by atoms with E-state index in [0.29, 0.717) is 18.0 Å². The van der Waals surface area contributed by atoms with Crippen LogP contribution in [0.2, 0.25) is 0 Å². The highest BCUT2D eigenvalue weighted by Gasteiger charge is 2.36. The summed E-state index contributed by atoms with van der Waals surface area (Å²) in [5, 5.41) is 4.65. The van der Waals surface area contributed by atoms with Crippen LogP contribution in [0.25, 0.3) is 16.8 Å². The second-order valence-electron chi connectivity index (χ2n) is 9.06. The molecule has 1 N–H and O–H groups in total. The summed E-state index contributed by atoms with van der Waals surface area (Å²) in [7, 11) is 0. The zero-order valence-corrected chi connectivity index (χ0v) is 21.9. The summed E-state index contributed by atoms with van der Waals surface area (Å²) in [5.41, 5.74) is 4.51. The van der Waals surface area contributed by atoms with Crippen molar-refractivity contribution in [3.63, 3.8) is 0 Å². The maximum atomic E-state index is 12.9. The van der Waals surface area contributed by atoms with E-state index in [-0.39, 0.29) is 11.4 Å². The smallest absolute Gasteiger partial charge is 0.294 e. The number of nitrogens with zero attached hydrogens (tertiary/aromatic N) is 1. The molecule has 0 radical (unpaired) electrons. The van der Waals surface area contributed by atoms with Crippen LogP contribution in [-0.4, -0.2) is 28.5 Å². The van der Waals surface area contributed by atoms with E-state index in [2.05, 4.69) is 29.6 Å². The lowest BCUT2D eigenvalue weighted by Crippen LogP contribution is -2.36. The Morgan fingerprint density at radius 1 is 0.921 bits per heavy atom. The van der Waals surface area contributed by atoms with Crippen molar-refractivity contribution in [1.29, 1.82) is 0 Å². The number of fused-ring (bicyclic) bond motifs is 1. The number of amides is 3. The van der Waals surface area contributed by atoms with Gasteiger partial charge >= 0.3 is 0 Å². The number of benzene rings is 4. The first-order chi connectivity index (χ1) is 18.4. The highest BCUT2D eigenvalue weighted by atomic mass is 32.2. The van der Waals surface area contributed by atoms with E-state index < -0.39 is 17.1 Å². The Kier molecular flexibility index (Phi) is 7.29. The molecule has 1 aliphatic heterocycles. The molecule has 1 aliphatic rings. The number of aryl methyl sites for hydroxylation is 1. The minimum absolute atomic E-state index is 0.277. The van der Waals surface area contributed by atoms with Crippen molar-refractivity contribution in [2.24, 2.45) is 0 Å². The third kappa shape index (κ3) is 5.48. The lowest BCUT2D eigenvalue weighted by atomic mass is 10.1. The summed E-state index contributed by atoms with van der Waals surface area (Å²) in [6.45, 7) is 3.96. The van der Waals surface area contributed by atoms with Gasteiger partial charge in [0.25, 0.3) is 11.1 Å². The van der Waals surface area contributed by atoms with Crippen molar-refractivity contribution < 1.29 is 19.1 Å². The molecule has 0 bridgehead atoms. The van der Waals surface area contributed by atoms with Gasteiger partial charge in [-0.1, -0.05) is 66.7 Å². The predicted octanol–water partition coefficient (Wildman–Crippen LogP) is 6.71. The number of carbonyl (C=O) groups excluding carboxylic acids is 3. The Labute approximate surface area is 225 Å². The SMILES string of the molecule is Cc1cccc(NC(=O)CN2C(=O)S/C(=C/c3ccc(OCc4cccc5ccccc45)cc3)C2=O)c1C. The molecule has 0 atom stereocenters. The molecule has 190 valence electrons. The summed E-state index contributed by atoms with van der Waals surface area (Å²) in [4.78, 5) is 39.2. The largest absolute Gasteiger partial charge is 0.489 e. The molecule has 6 nitrogen and oxygen atoms in total. The van der Waals surface area contributed by atoms with E-state index in [1.165, 1.54) is 5.39 Å². The fraction of sp³-hybridized carbons (Fsp3) is 0.129. The van der Waals surface area contributed by atoms with Crippen LogP contribution in [0, 0.1) is 13.8 Å². The summed E-state index contributed by atoms with van der Waals surface area (Å²) < 4.78 is 5.99. The standard InChI is InChI=1S/C31H26N2O4S/c1-20-7-5-12-27(21(20)2)32-29(34)18-33-30(35)28(38-31(33)36)17-22-13-15-25(16-14-22)37-19-24-10-6-9-23-8-3-4-11-26(23)24/h3-17H,18-19H2,1-2H3,(H,32,34)/b28-17+. The van der Waals surface area contributed by atoms with Crippen LogP contribution in [0.1, 0.15) is 22.3 Å². The van der Waals surface area contributed by atoms with Crippen molar-refractivity contribution in [3.8, 4) is 5.75 Å². The zero-order chi connectivity index (χ0) is 26.6. The third-order valence-corrected chi connectivity index (χ3v) is 7.41. The number of anilines is 1. The molecule has 1 fully saturated rings. The molecule has 38 heavy (non-hydrogen) atoms. The van der Waals surface area contributed by atoms with Gasteiger partial charge in [-0.05, 0) is 82.9 Å². The molecule has 1 heterocycles. The maximum Gasteiger partial charge on any atom is 0.294 e. The number of nitrogens with one attached hydrogen (secondary N) is 1. The first-order valence-electron chi connectivity index (χ1n) is 12.2. The second-order valence-corrected chi connectivity index (χ2v) is 10.1. The van der Waals surface area contributed by atoms with Crippen molar-refractivity contribution in [2.75, 3.05) is 11.9 Å². The molecule has 0 aromatic heterocycles. The number of imide groups is 1. The monoisotopic (exact) mass is 522 g/mol. The Morgan fingerprint density at radius 2 is 1.66 bits per heavy atom. The van der Waals surface area contributed by atoms with E-state index in [4.69, 9.17) is 4.74 Å². The summed E-state index contributed by atoms with van der Waals surface area (Å²) in [6, 6.07) is 27.3. The molecule has 3 amide bonds. The summed E-state index contributed by atoms with van der Waals surface area (Å²) in [5.74, 6) is -0.200. The molecule has 0 aliphatic carbocycles. The second kappa shape index (κ2) is 10.9. The van der Waals surface area contributed by atoms with E-state index in [9.17, 15) is 14.4 Å². The van der Waals surface area contributed by atoms with Crippen molar-refractivity contribution in [2.45, 2.75) is 20.5 Å². The Balaban J connectivity index is 1.21. The fourth-order valence-corrected chi connectivity index (χ4v) is 5.09. The van der Waals surface area contributed by atoms with Crippen LogP contribution >= 0.6 is 11.8 Å². The van der Waals surface area contributed by atoms with Crippen LogP contribution in [0.3, 0.4) is 0 Å². The average Bonchev–Trinajstić information content (AvgIpc) is 3.18. The minimum atomic E-state index is -0.479. The molecule has 1 saturated heterocycles. The van der Waals surface area contributed by atoms with Gasteiger partial charge in [0, 0.05) is 5.69 Å². The lowest BCUT2D eigenvalue weighted by Gasteiger charge is -2.14. The van der Waals surface area contributed by atoms with Gasteiger partial charge in [0.1, 0.15) is 18.9 Å². The lowest BCUT2D eigenvalue weighted by molar-refractivity contribution is -0.127. The molecule has 0 saturated carbocycles. The molecule has 4 aromatic rings.